The summed E-state index contributed by atoms with van der Waals surface area (Å²) in [7, 11) is 0. The summed E-state index contributed by atoms with van der Waals surface area (Å²) in [6, 6.07) is 0.730. The molecule has 0 aliphatic heterocycles. The molecule has 6 atom stereocenters. The monoisotopic (exact) mass is 590 g/mol. The molecule has 0 radical (unpaired) electrons. The van der Waals surface area contributed by atoms with Gasteiger partial charge in [-0.25, -0.2) is 19.9 Å². The lowest BCUT2D eigenvalue weighted by Crippen LogP contribution is -2.42. The SMILES string of the molecule is CCC(CC(CC(C)C(=O)NCNC(=O)C(C)CC(CC(CC)n1ccnc1)n1ccnc1)n1ccnc1)n1ccnc1. The maximum Gasteiger partial charge on any atom is 0.224 e. The van der Waals surface area contributed by atoms with Gasteiger partial charge in [0.1, 0.15) is 0 Å². The molecule has 2 amide bonds. The smallest absolute Gasteiger partial charge is 0.224 e. The minimum atomic E-state index is -0.248. The first-order chi connectivity index (χ1) is 20.9. The zero-order valence-electron chi connectivity index (χ0n) is 25.7. The normalized spacial score (nSPS) is 15.7. The molecule has 0 spiro atoms. The first kappa shape index (κ1) is 31.7. The number of amides is 2. The quantitative estimate of drug-likeness (QED) is 0.163. The van der Waals surface area contributed by atoms with Gasteiger partial charge in [-0.1, -0.05) is 27.7 Å². The molecule has 43 heavy (non-hydrogen) atoms. The van der Waals surface area contributed by atoms with Crippen molar-refractivity contribution in [1.82, 2.24) is 48.8 Å². The fraction of sp³-hybridized carbons (Fsp3) is 0.548. The van der Waals surface area contributed by atoms with Gasteiger partial charge in [0, 0.05) is 85.6 Å². The van der Waals surface area contributed by atoms with Crippen LogP contribution in [0.5, 0.6) is 0 Å². The van der Waals surface area contributed by atoms with Crippen molar-refractivity contribution in [3.8, 4) is 0 Å². The standard InChI is InChI=1S/C31H46N10O2/c1-5-26(38-11-7-32-20-38)17-28(40-13-9-34-22-40)15-24(3)30(42)36-19-37-31(43)25(4)16-29(41-14-10-35-23-41)18-27(6-2)39-12-8-33-21-39/h7-14,20-29H,5-6,15-19H2,1-4H3,(H,36,42)(H,37,43). The Morgan fingerprint density at radius 2 is 0.884 bits per heavy atom. The molecule has 2 N–H and O–H groups in total. The minimum Gasteiger partial charge on any atom is -0.338 e. The van der Waals surface area contributed by atoms with E-state index in [0.717, 1.165) is 25.7 Å². The average Bonchev–Trinajstić information content (AvgIpc) is 3.85. The number of aromatic nitrogens is 8. The van der Waals surface area contributed by atoms with Crippen molar-refractivity contribution in [1.29, 1.82) is 0 Å². The van der Waals surface area contributed by atoms with Crippen LogP contribution in [-0.2, 0) is 9.59 Å². The van der Waals surface area contributed by atoms with E-state index < -0.39 is 0 Å². The highest BCUT2D eigenvalue weighted by Crippen LogP contribution is 2.31. The number of imidazole rings is 4. The van der Waals surface area contributed by atoms with Crippen molar-refractivity contribution >= 4 is 11.8 Å². The molecular formula is C31H46N10O2. The molecule has 4 aromatic rings. The summed E-state index contributed by atoms with van der Waals surface area (Å²) in [4.78, 5) is 43.0. The van der Waals surface area contributed by atoms with Crippen LogP contribution < -0.4 is 10.6 Å². The summed E-state index contributed by atoms with van der Waals surface area (Å²) in [6.07, 6.45) is 27.2. The maximum absolute atomic E-state index is 13.1. The first-order valence-corrected chi connectivity index (χ1v) is 15.3. The van der Waals surface area contributed by atoms with Crippen LogP contribution >= 0.6 is 0 Å². The van der Waals surface area contributed by atoms with Crippen LogP contribution in [0.25, 0.3) is 0 Å². The second-order valence-electron chi connectivity index (χ2n) is 11.5. The van der Waals surface area contributed by atoms with Crippen molar-refractivity contribution in [2.45, 2.75) is 90.4 Å². The zero-order chi connectivity index (χ0) is 30.6. The van der Waals surface area contributed by atoms with Gasteiger partial charge in [-0.3, -0.25) is 9.59 Å². The van der Waals surface area contributed by atoms with Gasteiger partial charge in [0.25, 0.3) is 0 Å². The van der Waals surface area contributed by atoms with Gasteiger partial charge in [-0.2, -0.15) is 0 Å². The van der Waals surface area contributed by atoms with Gasteiger partial charge in [0.2, 0.25) is 11.8 Å². The molecule has 0 fully saturated rings. The number of nitrogens with zero attached hydrogens (tertiary/aromatic N) is 8. The lowest BCUT2D eigenvalue weighted by molar-refractivity contribution is -0.127. The highest BCUT2D eigenvalue weighted by atomic mass is 16.2. The van der Waals surface area contributed by atoms with Gasteiger partial charge in [0.15, 0.2) is 0 Å². The Morgan fingerprint density at radius 1 is 0.558 bits per heavy atom. The third-order valence-electron chi connectivity index (χ3n) is 8.49. The van der Waals surface area contributed by atoms with Crippen LogP contribution in [0.1, 0.15) is 90.4 Å². The molecule has 12 heteroatoms. The van der Waals surface area contributed by atoms with E-state index in [1.54, 1.807) is 24.8 Å². The number of carbonyl (C=O) groups is 2. The molecule has 0 bridgehead atoms. The predicted octanol–water partition coefficient (Wildman–Crippen LogP) is 4.58. The average molecular weight is 591 g/mol. The van der Waals surface area contributed by atoms with E-state index in [9.17, 15) is 9.59 Å². The molecule has 0 aliphatic rings. The lowest BCUT2D eigenvalue weighted by atomic mass is 9.94. The molecular weight excluding hydrogens is 544 g/mol. The number of nitrogens with one attached hydrogen (secondary N) is 2. The predicted molar refractivity (Wildman–Crippen MR) is 164 cm³/mol. The molecule has 4 aromatic heterocycles. The Hall–Kier alpha value is -4.22. The fourth-order valence-corrected chi connectivity index (χ4v) is 5.84. The van der Waals surface area contributed by atoms with Gasteiger partial charge in [-0.05, 0) is 38.5 Å². The molecule has 0 aromatic carbocycles. The molecule has 0 aliphatic carbocycles. The van der Waals surface area contributed by atoms with E-state index in [4.69, 9.17) is 0 Å². The minimum absolute atomic E-state index is 0.0869. The van der Waals surface area contributed by atoms with Crippen molar-refractivity contribution in [3.05, 3.63) is 74.9 Å². The van der Waals surface area contributed by atoms with Crippen molar-refractivity contribution in [2.75, 3.05) is 6.67 Å². The fourth-order valence-electron chi connectivity index (χ4n) is 5.84. The third-order valence-corrected chi connectivity index (χ3v) is 8.49. The number of hydrogen-bond acceptors (Lipinski definition) is 6. The van der Waals surface area contributed by atoms with Crippen molar-refractivity contribution in [2.24, 2.45) is 11.8 Å². The highest BCUT2D eigenvalue weighted by Gasteiger charge is 2.25. The first-order valence-electron chi connectivity index (χ1n) is 15.3. The lowest BCUT2D eigenvalue weighted by Gasteiger charge is -2.27. The Morgan fingerprint density at radius 3 is 1.16 bits per heavy atom. The third kappa shape index (κ3) is 8.89. The largest absolute Gasteiger partial charge is 0.338 e. The number of carbonyl (C=O) groups excluding carboxylic acids is 2. The van der Waals surface area contributed by atoms with E-state index in [-0.39, 0.29) is 54.5 Å². The van der Waals surface area contributed by atoms with Crippen LogP contribution in [0.2, 0.25) is 0 Å². The van der Waals surface area contributed by atoms with E-state index in [0.29, 0.717) is 12.8 Å². The second kappa shape index (κ2) is 15.9. The molecule has 232 valence electrons. The Balaban J connectivity index is 1.28. The Bertz CT molecular complexity index is 1220. The Labute approximate surface area is 254 Å². The van der Waals surface area contributed by atoms with Crippen LogP contribution in [-0.4, -0.2) is 56.7 Å². The number of rotatable bonds is 18. The summed E-state index contributed by atoms with van der Waals surface area (Å²) >= 11 is 0. The van der Waals surface area contributed by atoms with Gasteiger partial charge in [0.05, 0.1) is 32.0 Å². The molecule has 4 rings (SSSR count). The molecule has 4 heterocycles. The van der Waals surface area contributed by atoms with Crippen LogP contribution in [0, 0.1) is 11.8 Å². The molecule has 0 saturated heterocycles. The van der Waals surface area contributed by atoms with E-state index in [1.165, 1.54) is 0 Å². The maximum atomic E-state index is 13.1. The molecule has 0 saturated carbocycles. The Kier molecular flexibility index (Phi) is 11.7. The van der Waals surface area contributed by atoms with Crippen LogP contribution in [0.4, 0.5) is 0 Å². The second-order valence-corrected chi connectivity index (χ2v) is 11.5. The van der Waals surface area contributed by atoms with Gasteiger partial charge in [-0.15, -0.1) is 0 Å². The zero-order valence-corrected chi connectivity index (χ0v) is 25.7. The van der Waals surface area contributed by atoms with Crippen molar-refractivity contribution < 1.29 is 9.59 Å². The van der Waals surface area contributed by atoms with E-state index >= 15 is 0 Å². The summed E-state index contributed by atoms with van der Waals surface area (Å²) in [5, 5.41) is 5.84. The summed E-state index contributed by atoms with van der Waals surface area (Å²) in [6.45, 7) is 8.28. The van der Waals surface area contributed by atoms with Crippen LogP contribution in [0.3, 0.4) is 0 Å². The summed E-state index contributed by atoms with van der Waals surface area (Å²) in [5.74, 6) is -0.670. The van der Waals surface area contributed by atoms with Crippen LogP contribution in [0.15, 0.2) is 74.9 Å². The number of hydrogen-bond donors (Lipinski definition) is 2. The topological polar surface area (TPSA) is 129 Å². The van der Waals surface area contributed by atoms with Gasteiger partial charge < -0.3 is 28.9 Å². The van der Waals surface area contributed by atoms with Crippen molar-refractivity contribution in [3.63, 3.8) is 0 Å². The summed E-state index contributed by atoms with van der Waals surface area (Å²) in [5.41, 5.74) is 0. The molecule has 6 unspecified atom stereocenters. The summed E-state index contributed by atoms with van der Waals surface area (Å²) < 4.78 is 8.42. The highest BCUT2D eigenvalue weighted by molar-refractivity contribution is 5.80. The van der Waals surface area contributed by atoms with E-state index in [2.05, 4.69) is 62.7 Å². The van der Waals surface area contributed by atoms with E-state index in [1.807, 2.05) is 63.9 Å². The molecule has 12 nitrogen and oxygen atoms in total. The van der Waals surface area contributed by atoms with Gasteiger partial charge >= 0.3 is 0 Å².